The lowest BCUT2D eigenvalue weighted by molar-refractivity contribution is 0.0412. The van der Waals surface area contributed by atoms with Crippen molar-refractivity contribution in [3.05, 3.63) is 35.4 Å². The van der Waals surface area contributed by atoms with Gasteiger partial charge in [0.1, 0.15) is 0 Å². The molecular formula is C19H31NO. The Balaban J connectivity index is 2.00. The van der Waals surface area contributed by atoms with E-state index in [0.717, 1.165) is 18.5 Å². The highest BCUT2D eigenvalue weighted by Gasteiger charge is 2.26. The molecule has 1 aliphatic rings. The maximum Gasteiger partial charge on any atom is 0.0917 e. The van der Waals surface area contributed by atoms with Crippen LogP contribution in [-0.4, -0.2) is 28.6 Å². The van der Waals surface area contributed by atoms with Crippen molar-refractivity contribution in [3.63, 3.8) is 0 Å². The van der Waals surface area contributed by atoms with Gasteiger partial charge in [-0.2, -0.15) is 0 Å². The zero-order chi connectivity index (χ0) is 15.4. The molecule has 1 aromatic rings. The molecule has 2 rings (SSSR count). The van der Waals surface area contributed by atoms with Crippen LogP contribution in [0.1, 0.15) is 76.5 Å². The van der Waals surface area contributed by atoms with Crippen LogP contribution in [-0.2, 0) is 0 Å². The third kappa shape index (κ3) is 4.08. The second-order valence-corrected chi connectivity index (χ2v) is 6.82. The van der Waals surface area contributed by atoms with Gasteiger partial charge >= 0.3 is 0 Å². The zero-order valence-corrected chi connectivity index (χ0v) is 14.0. The molecule has 2 heteroatoms. The Labute approximate surface area is 130 Å². The molecule has 2 nitrogen and oxygen atoms in total. The fourth-order valence-electron chi connectivity index (χ4n) is 3.42. The van der Waals surface area contributed by atoms with Gasteiger partial charge in [0.15, 0.2) is 0 Å². The maximum absolute atomic E-state index is 10.6. The fourth-order valence-corrected chi connectivity index (χ4v) is 3.42. The number of rotatable bonds is 5. The summed E-state index contributed by atoms with van der Waals surface area (Å²) < 4.78 is 0. The molecule has 1 saturated heterocycles. The second-order valence-electron chi connectivity index (χ2n) is 6.82. The summed E-state index contributed by atoms with van der Waals surface area (Å²) in [5, 5.41) is 10.6. The Morgan fingerprint density at radius 1 is 1.10 bits per heavy atom. The Morgan fingerprint density at radius 2 is 1.62 bits per heavy atom. The van der Waals surface area contributed by atoms with E-state index < -0.39 is 0 Å². The molecular weight excluding hydrogens is 258 g/mol. The molecule has 1 aromatic carbocycles. The standard InChI is InChI=1S/C19H31NO/c1-5-14(2)17-9-11-18(12-10-17)19(21)13-20-15(3)7-6-8-16(20)4/h9-12,14-16,19,21H,5-8,13H2,1-4H3. The van der Waals surface area contributed by atoms with E-state index in [9.17, 15) is 5.11 Å². The average molecular weight is 289 g/mol. The van der Waals surface area contributed by atoms with Gasteiger partial charge in [-0.25, -0.2) is 0 Å². The van der Waals surface area contributed by atoms with Crippen LogP contribution in [0.25, 0.3) is 0 Å². The Hall–Kier alpha value is -0.860. The molecule has 118 valence electrons. The Kier molecular flexibility index (Phi) is 5.83. The smallest absolute Gasteiger partial charge is 0.0917 e. The van der Waals surface area contributed by atoms with Crippen molar-refractivity contribution >= 4 is 0 Å². The van der Waals surface area contributed by atoms with Gasteiger partial charge in [0.05, 0.1) is 6.10 Å². The largest absolute Gasteiger partial charge is 0.387 e. The van der Waals surface area contributed by atoms with Gasteiger partial charge in [0, 0.05) is 18.6 Å². The summed E-state index contributed by atoms with van der Waals surface area (Å²) >= 11 is 0. The second kappa shape index (κ2) is 7.42. The fraction of sp³-hybridized carbons (Fsp3) is 0.684. The van der Waals surface area contributed by atoms with Crippen LogP contribution in [0, 0.1) is 0 Å². The zero-order valence-electron chi connectivity index (χ0n) is 14.0. The lowest BCUT2D eigenvalue weighted by Gasteiger charge is -2.40. The summed E-state index contributed by atoms with van der Waals surface area (Å²) in [5.41, 5.74) is 2.42. The molecule has 0 radical (unpaired) electrons. The summed E-state index contributed by atoms with van der Waals surface area (Å²) in [5.74, 6) is 0.596. The van der Waals surface area contributed by atoms with Gasteiger partial charge in [0.2, 0.25) is 0 Å². The number of nitrogens with zero attached hydrogens (tertiary/aromatic N) is 1. The molecule has 0 saturated carbocycles. The molecule has 0 amide bonds. The monoisotopic (exact) mass is 289 g/mol. The number of hydrogen-bond donors (Lipinski definition) is 1. The number of aliphatic hydroxyl groups excluding tert-OH is 1. The van der Waals surface area contributed by atoms with Crippen LogP contribution < -0.4 is 0 Å². The van der Waals surface area contributed by atoms with Crippen molar-refractivity contribution in [1.82, 2.24) is 4.90 Å². The number of aliphatic hydroxyl groups is 1. The van der Waals surface area contributed by atoms with E-state index >= 15 is 0 Å². The maximum atomic E-state index is 10.6. The van der Waals surface area contributed by atoms with Crippen LogP contribution in [0.2, 0.25) is 0 Å². The highest BCUT2D eigenvalue weighted by Crippen LogP contribution is 2.26. The topological polar surface area (TPSA) is 23.5 Å². The minimum atomic E-state index is -0.376. The SMILES string of the molecule is CCC(C)c1ccc(C(O)CN2C(C)CCCC2C)cc1. The minimum absolute atomic E-state index is 0.376. The number of likely N-dealkylation sites (tertiary alicyclic amines) is 1. The highest BCUT2D eigenvalue weighted by molar-refractivity contribution is 5.26. The summed E-state index contributed by atoms with van der Waals surface area (Å²) in [4.78, 5) is 2.47. The summed E-state index contributed by atoms with van der Waals surface area (Å²) in [6.45, 7) is 9.79. The van der Waals surface area contributed by atoms with E-state index in [0.29, 0.717) is 18.0 Å². The van der Waals surface area contributed by atoms with Crippen molar-refractivity contribution in [1.29, 1.82) is 0 Å². The van der Waals surface area contributed by atoms with Gasteiger partial charge in [-0.05, 0) is 50.2 Å². The van der Waals surface area contributed by atoms with Crippen molar-refractivity contribution < 1.29 is 5.11 Å². The predicted octanol–water partition coefficient (Wildman–Crippen LogP) is 4.50. The van der Waals surface area contributed by atoms with Crippen molar-refractivity contribution in [2.45, 2.75) is 77.5 Å². The Morgan fingerprint density at radius 3 is 2.14 bits per heavy atom. The van der Waals surface area contributed by atoms with Gasteiger partial charge in [-0.15, -0.1) is 0 Å². The van der Waals surface area contributed by atoms with Gasteiger partial charge in [-0.3, -0.25) is 4.90 Å². The summed E-state index contributed by atoms with van der Waals surface area (Å²) in [6.07, 6.45) is 4.61. The van der Waals surface area contributed by atoms with E-state index in [-0.39, 0.29) is 6.10 Å². The van der Waals surface area contributed by atoms with Crippen LogP contribution in [0.15, 0.2) is 24.3 Å². The van der Waals surface area contributed by atoms with Crippen LogP contribution >= 0.6 is 0 Å². The molecule has 1 fully saturated rings. The molecule has 1 N–H and O–H groups in total. The van der Waals surface area contributed by atoms with Gasteiger partial charge in [-0.1, -0.05) is 44.5 Å². The number of hydrogen-bond acceptors (Lipinski definition) is 2. The first kappa shape index (κ1) is 16.5. The molecule has 1 aliphatic heterocycles. The van der Waals surface area contributed by atoms with E-state index in [1.807, 2.05) is 0 Å². The van der Waals surface area contributed by atoms with Crippen molar-refractivity contribution in [2.75, 3.05) is 6.54 Å². The van der Waals surface area contributed by atoms with Crippen molar-refractivity contribution in [2.24, 2.45) is 0 Å². The predicted molar refractivity (Wildman–Crippen MR) is 89.6 cm³/mol. The van der Waals surface area contributed by atoms with Crippen molar-refractivity contribution in [3.8, 4) is 0 Å². The molecule has 4 atom stereocenters. The van der Waals surface area contributed by atoms with E-state index in [4.69, 9.17) is 0 Å². The van der Waals surface area contributed by atoms with Gasteiger partial charge < -0.3 is 5.11 Å². The van der Waals surface area contributed by atoms with Crippen LogP contribution in [0.5, 0.6) is 0 Å². The first-order valence-corrected chi connectivity index (χ1v) is 8.56. The van der Waals surface area contributed by atoms with E-state index in [1.165, 1.54) is 24.8 Å². The van der Waals surface area contributed by atoms with E-state index in [2.05, 4.69) is 56.9 Å². The quantitative estimate of drug-likeness (QED) is 0.863. The lowest BCUT2D eigenvalue weighted by atomic mass is 9.94. The van der Waals surface area contributed by atoms with Crippen LogP contribution in [0.4, 0.5) is 0 Å². The summed E-state index contributed by atoms with van der Waals surface area (Å²) in [7, 11) is 0. The third-order valence-corrected chi connectivity index (χ3v) is 5.26. The molecule has 0 aromatic heterocycles. The number of benzene rings is 1. The average Bonchev–Trinajstić information content (AvgIpc) is 2.50. The number of β-amino-alcohol motifs (C(OH)–C–C–N with tert-alkyl or cyclic N) is 1. The molecule has 0 aliphatic carbocycles. The first-order valence-electron chi connectivity index (χ1n) is 8.56. The molecule has 21 heavy (non-hydrogen) atoms. The van der Waals surface area contributed by atoms with Gasteiger partial charge in [0.25, 0.3) is 0 Å². The first-order chi connectivity index (χ1) is 10.0. The Bertz CT molecular complexity index is 418. The number of piperidine rings is 1. The third-order valence-electron chi connectivity index (χ3n) is 5.26. The highest BCUT2D eigenvalue weighted by atomic mass is 16.3. The molecule has 0 spiro atoms. The molecule has 4 unspecified atom stereocenters. The van der Waals surface area contributed by atoms with E-state index in [1.54, 1.807) is 0 Å². The lowest BCUT2D eigenvalue weighted by Crippen LogP contribution is -2.45. The normalized spacial score (nSPS) is 26.5. The summed E-state index contributed by atoms with van der Waals surface area (Å²) in [6, 6.07) is 9.73. The molecule has 1 heterocycles. The van der Waals surface area contributed by atoms with Crippen LogP contribution in [0.3, 0.4) is 0 Å². The molecule has 0 bridgehead atoms. The minimum Gasteiger partial charge on any atom is -0.387 e.